The van der Waals surface area contributed by atoms with Crippen LogP contribution in [0.2, 0.25) is 0 Å². The number of hydrogen-bond acceptors (Lipinski definition) is 5. The van der Waals surface area contributed by atoms with Crippen LogP contribution in [-0.4, -0.2) is 38.1 Å². The monoisotopic (exact) mass is 419 g/mol. The van der Waals surface area contributed by atoms with Gasteiger partial charge in [0.2, 0.25) is 0 Å². The van der Waals surface area contributed by atoms with E-state index >= 15 is 0 Å². The molecule has 0 aromatic heterocycles. The maximum atomic E-state index is 13.1. The Bertz CT molecular complexity index is 938. The topological polar surface area (TPSA) is 72.9 Å². The van der Waals surface area contributed by atoms with E-state index in [1.165, 1.54) is 14.0 Å². The number of carbonyl (C=O) groups excluding carboxylic acids is 1. The third-order valence-corrected chi connectivity index (χ3v) is 5.97. The van der Waals surface area contributed by atoms with Crippen LogP contribution in [-0.2, 0) is 16.7 Å². The smallest absolute Gasteiger partial charge is 0.309 e. The van der Waals surface area contributed by atoms with Crippen molar-refractivity contribution in [3.63, 3.8) is 0 Å². The predicted octanol–water partition coefficient (Wildman–Crippen LogP) is 4.17. The van der Waals surface area contributed by atoms with Crippen LogP contribution < -0.4 is 8.92 Å². The fourth-order valence-electron chi connectivity index (χ4n) is 2.79. The van der Waals surface area contributed by atoms with Gasteiger partial charge in [-0.05, 0) is 57.0 Å². The van der Waals surface area contributed by atoms with Crippen molar-refractivity contribution in [3.8, 4) is 11.5 Å². The van der Waals surface area contributed by atoms with E-state index in [2.05, 4.69) is 0 Å². The lowest BCUT2D eigenvalue weighted by Crippen LogP contribution is -2.37. The van der Waals surface area contributed by atoms with Crippen LogP contribution in [0.4, 0.5) is 0 Å². The second kappa shape index (κ2) is 9.78. The molecule has 0 aliphatic carbocycles. The third kappa shape index (κ3) is 5.97. The van der Waals surface area contributed by atoms with E-state index in [1.54, 1.807) is 17.0 Å². The second-order valence-electron chi connectivity index (χ2n) is 6.97. The number of benzene rings is 2. The standard InChI is InChI=1S/C22H29NO5S/c1-6-17(4)23(22(24)19-11-8-16(3)9-12-19)15-18-10-13-20(27-5)21(14-18)28-29(25,26)7-2/h8-14,17H,6-7,15H2,1-5H3/t17-/m1/s1. The fraction of sp³-hybridized carbons (Fsp3) is 0.409. The summed E-state index contributed by atoms with van der Waals surface area (Å²) in [5, 5.41) is 0. The van der Waals surface area contributed by atoms with E-state index in [0.29, 0.717) is 17.9 Å². The van der Waals surface area contributed by atoms with E-state index in [-0.39, 0.29) is 23.5 Å². The van der Waals surface area contributed by atoms with E-state index in [0.717, 1.165) is 17.5 Å². The van der Waals surface area contributed by atoms with Gasteiger partial charge in [0.1, 0.15) is 0 Å². The normalized spacial score (nSPS) is 12.3. The van der Waals surface area contributed by atoms with Crippen molar-refractivity contribution in [2.24, 2.45) is 0 Å². The minimum absolute atomic E-state index is 0.00893. The molecule has 7 heteroatoms. The molecule has 0 unspecified atom stereocenters. The number of nitrogens with zero attached hydrogens (tertiary/aromatic N) is 1. The lowest BCUT2D eigenvalue weighted by molar-refractivity contribution is 0.0671. The van der Waals surface area contributed by atoms with Gasteiger partial charge in [0.25, 0.3) is 5.91 Å². The molecule has 0 radical (unpaired) electrons. The zero-order valence-corrected chi connectivity index (χ0v) is 18.5. The van der Waals surface area contributed by atoms with Gasteiger partial charge in [-0.1, -0.05) is 30.7 Å². The molecule has 0 spiro atoms. The van der Waals surface area contributed by atoms with E-state index in [4.69, 9.17) is 8.92 Å². The summed E-state index contributed by atoms with van der Waals surface area (Å²) in [5.74, 6) is 0.231. The summed E-state index contributed by atoms with van der Waals surface area (Å²) in [5.41, 5.74) is 2.47. The molecule has 0 fully saturated rings. The Morgan fingerprint density at radius 1 is 1.07 bits per heavy atom. The zero-order chi connectivity index (χ0) is 21.6. The van der Waals surface area contributed by atoms with Crippen LogP contribution in [0.3, 0.4) is 0 Å². The molecule has 0 bridgehead atoms. The third-order valence-electron chi connectivity index (χ3n) is 4.83. The fourth-order valence-corrected chi connectivity index (χ4v) is 3.31. The molecule has 6 nitrogen and oxygen atoms in total. The number of ether oxygens (including phenoxy) is 1. The summed E-state index contributed by atoms with van der Waals surface area (Å²) < 4.78 is 34.2. The SMILES string of the molecule is CC[C@@H](C)N(Cc1ccc(OC)c(OS(=O)(=O)CC)c1)C(=O)c1ccc(C)cc1. The highest BCUT2D eigenvalue weighted by Gasteiger charge is 2.22. The Morgan fingerprint density at radius 2 is 1.72 bits per heavy atom. The molecule has 1 atom stereocenters. The molecular formula is C22H29NO5S. The maximum Gasteiger partial charge on any atom is 0.309 e. The number of amides is 1. The average molecular weight is 420 g/mol. The Hall–Kier alpha value is -2.54. The summed E-state index contributed by atoms with van der Waals surface area (Å²) >= 11 is 0. The van der Waals surface area contributed by atoms with E-state index in [1.807, 2.05) is 51.1 Å². The van der Waals surface area contributed by atoms with Gasteiger partial charge in [0.05, 0.1) is 12.9 Å². The minimum atomic E-state index is -3.70. The molecule has 158 valence electrons. The van der Waals surface area contributed by atoms with Crippen molar-refractivity contribution in [2.75, 3.05) is 12.9 Å². The summed E-state index contributed by atoms with van der Waals surface area (Å²) in [7, 11) is -2.24. The lowest BCUT2D eigenvalue weighted by atomic mass is 10.1. The van der Waals surface area contributed by atoms with Crippen LogP contribution in [0.25, 0.3) is 0 Å². The molecule has 0 aliphatic rings. The van der Waals surface area contributed by atoms with Crippen molar-refractivity contribution in [3.05, 3.63) is 59.2 Å². The summed E-state index contributed by atoms with van der Waals surface area (Å²) in [6, 6.07) is 12.6. The first-order valence-corrected chi connectivity index (χ1v) is 11.2. The molecule has 0 aliphatic heterocycles. The van der Waals surface area contributed by atoms with Gasteiger partial charge in [-0.2, -0.15) is 8.42 Å². The molecule has 2 aromatic rings. The van der Waals surface area contributed by atoms with Gasteiger partial charge in [0, 0.05) is 18.2 Å². The minimum Gasteiger partial charge on any atom is -0.493 e. The van der Waals surface area contributed by atoms with Gasteiger partial charge in [-0.15, -0.1) is 0 Å². The molecule has 2 aromatic carbocycles. The maximum absolute atomic E-state index is 13.1. The van der Waals surface area contributed by atoms with Crippen molar-refractivity contribution in [1.29, 1.82) is 0 Å². The summed E-state index contributed by atoms with van der Waals surface area (Å²) in [4.78, 5) is 14.9. The highest BCUT2D eigenvalue weighted by Crippen LogP contribution is 2.30. The second-order valence-corrected chi connectivity index (χ2v) is 8.83. The molecular weight excluding hydrogens is 390 g/mol. The number of methoxy groups -OCH3 is 1. The van der Waals surface area contributed by atoms with Crippen molar-refractivity contribution in [1.82, 2.24) is 4.90 Å². The Morgan fingerprint density at radius 3 is 2.28 bits per heavy atom. The van der Waals surface area contributed by atoms with E-state index in [9.17, 15) is 13.2 Å². The molecule has 0 N–H and O–H groups in total. The van der Waals surface area contributed by atoms with Gasteiger partial charge < -0.3 is 13.8 Å². The number of carbonyl (C=O) groups is 1. The first kappa shape index (κ1) is 22.7. The quantitative estimate of drug-likeness (QED) is 0.570. The largest absolute Gasteiger partial charge is 0.493 e. The summed E-state index contributed by atoms with van der Waals surface area (Å²) in [6.45, 7) is 7.83. The molecule has 0 heterocycles. The Kier molecular flexibility index (Phi) is 7.67. The molecule has 2 rings (SSSR count). The molecule has 29 heavy (non-hydrogen) atoms. The highest BCUT2D eigenvalue weighted by molar-refractivity contribution is 7.87. The zero-order valence-electron chi connectivity index (χ0n) is 17.6. The molecule has 0 saturated carbocycles. The number of hydrogen-bond donors (Lipinski definition) is 0. The average Bonchev–Trinajstić information content (AvgIpc) is 2.71. The molecule has 0 saturated heterocycles. The van der Waals surface area contributed by atoms with Gasteiger partial charge in [0.15, 0.2) is 11.5 Å². The van der Waals surface area contributed by atoms with Crippen molar-refractivity contribution in [2.45, 2.75) is 46.7 Å². The van der Waals surface area contributed by atoms with Crippen LogP contribution in [0, 0.1) is 6.92 Å². The first-order chi connectivity index (χ1) is 13.7. The van der Waals surface area contributed by atoms with E-state index < -0.39 is 10.1 Å². The van der Waals surface area contributed by atoms with Crippen LogP contribution in [0.15, 0.2) is 42.5 Å². The van der Waals surface area contributed by atoms with Gasteiger partial charge >= 0.3 is 10.1 Å². The Labute approximate surface area is 173 Å². The first-order valence-electron chi connectivity index (χ1n) is 9.67. The van der Waals surface area contributed by atoms with Crippen LogP contribution in [0.5, 0.6) is 11.5 Å². The Balaban J connectivity index is 2.35. The summed E-state index contributed by atoms with van der Waals surface area (Å²) in [6.07, 6.45) is 0.793. The predicted molar refractivity (Wildman–Crippen MR) is 114 cm³/mol. The van der Waals surface area contributed by atoms with Crippen molar-refractivity contribution < 1.29 is 22.1 Å². The van der Waals surface area contributed by atoms with Crippen molar-refractivity contribution >= 4 is 16.0 Å². The van der Waals surface area contributed by atoms with Crippen LogP contribution >= 0.6 is 0 Å². The molecule has 1 amide bonds. The van der Waals surface area contributed by atoms with Gasteiger partial charge in [-0.25, -0.2) is 0 Å². The highest BCUT2D eigenvalue weighted by atomic mass is 32.2. The lowest BCUT2D eigenvalue weighted by Gasteiger charge is -2.29. The number of rotatable bonds is 9. The van der Waals surface area contributed by atoms with Gasteiger partial charge in [-0.3, -0.25) is 4.79 Å². The number of aryl methyl sites for hydroxylation is 1. The van der Waals surface area contributed by atoms with Crippen LogP contribution in [0.1, 0.15) is 48.7 Å².